The fourth-order valence-corrected chi connectivity index (χ4v) is 1.19. The molecule has 0 unspecified atom stereocenters. The van der Waals surface area contributed by atoms with Crippen LogP contribution in [0.1, 0.15) is 38.0 Å². The van der Waals surface area contributed by atoms with Crippen LogP contribution < -0.4 is 0 Å². The number of aromatic nitrogens is 2. The molecule has 15 heavy (non-hydrogen) atoms. The standard InChI is InChI=1S/C11H16N2O2/c1-5-8-6-7(2)12-9(13-8)11(3,4)10(14)15/h6H,5H2,1-4H3,(H,14,15). The SMILES string of the molecule is CCc1cc(C)nc(C(C)(C)C(=O)O)n1. The highest BCUT2D eigenvalue weighted by Crippen LogP contribution is 2.20. The summed E-state index contributed by atoms with van der Waals surface area (Å²) in [6.45, 7) is 7.06. The topological polar surface area (TPSA) is 63.1 Å². The first-order valence-corrected chi connectivity index (χ1v) is 4.96. The van der Waals surface area contributed by atoms with Gasteiger partial charge in [0.2, 0.25) is 0 Å². The van der Waals surface area contributed by atoms with Gasteiger partial charge in [0.05, 0.1) is 0 Å². The molecule has 4 nitrogen and oxygen atoms in total. The van der Waals surface area contributed by atoms with E-state index < -0.39 is 11.4 Å². The number of carboxylic acids is 1. The van der Waals surface area contributed by atoms with E-state index in [-0.39, 0.29) is 0 Å². The van der Waals surface area contributed by atoms with Crippen LogP contribution in [0.4, 0.5) is 0 Å². The lowest BCUT2D eigenvalue weighted by atomic mass is 9.92. The average molecular weight is 208 g/mol. The second-order valence-corrected chi connectivity index (χ2v) is 4.11. The van der Waals surface area contributed by atoms with Gasteiger partial charge in [0, 0.05) is 11.4 Å². The number of hydrogen-bond acceptors (Lipinski definition) is 3. The summed E-state index contributed by atoms with van der Waals surface area (Å²) in [5.74, 6) is -0.526. The van der Waals surface area contributed by atoms with Gasteiger partial charge in [-0.15, -0.1) is 0 Å². The molecule has 1 aromatic rings. The molecular weight excluding hydrogens is 192 g/mol. The molecule has 0 atom stereocenters. The Hall–Kier alpha value is -1.45. The summed E-state index contributed by atoms with van der Waals surface area (Å²) in [4.78, 5) is 19.5. The Morgan fingerprint density at radius 3 is 2.53 bits per heavy atom. The summed E-state index contributed by atoms with van der Waals surface area (Å²) >= 11 is 0. The van der Waals surface area contributed by atoms with Crippen LogP contribution in [-0.4, -0.2) is 21.0 Å². The van der Waals surface area contributed by atoms with Gasteiger partial charge in [-0.05, 0) is 33.3 Å². The van der Waals surface area contributed by atoms with Crippen LogP contribution in [0.2, 0.25) is 0 Å². The van der Waals surface area contributed by atoms with Gasteiger partial charge in [0.25, 0.3) is 0 Å². The third-order valence-corrected chi connectivity index (χ3v) is 2.36. The summed E-state index contributed by atoms with van der Waals surface area (Å²) in [6.07, 6.45) is 0.784. The number of nitrogens with zero attached hydrogens (tertiary/aromatic N) is 2. The largest absolute Gasteiger partial charge is 0.481 e. The number of aryl methyl sites for hydroxylation is 2. The van der Waals surface area contributed by atoms with Crippen LogP contribution in [0.25, 0.3) is 0 Å². The fraction of sp³-hybridized carbons (Fsp3) is 0.545. The Labute approximate surface area is 89.4 Å². The number of rotatable bonds is 3. The molecule has 0 radical (unpaired) electrons. The molecule has 0 aromatic carbocycles. The summed E-state index contributed by atoms with van der Waals surface area (Å²) in [6, 6.07) is 1.88. The maximum absolute atomic E-state index is 11.1. The minimum absolute atomic E-state index is 0.381. The van der Waals surface area contributed by atoms with Gasteiger partial charge >= 0.3 is 5.97 Å². The predicted molar refractivity (Wildman–Crippen MR) is 56.8 cm³/mol. The molecule has 0 amide bonds. The number of aliphatic carboxylic acids is 1. The van der Waals surface area contributed by atoms with Gasteiger partial charge < -0.3 is 5.11 Å². The molecule has 1 aromatic heterocycles. The Balaban J connectivity index is 3.25. The highest BCUT2D eigenvalue weighted by molar-refractivity contribution is 5.78. The van der Waals surface area contributed by atoms with Crippen molar-refractivity contribution in [3.05, 3.63) is 23.3 Å². The van der Waals surface area contributed by atoms with Gasteiger partial charge in [0.1, 0.15) is 11.2 Å². The van der Waals surface area contributed by atoms with Crippen molar-refractivity contribution >= 4 is 5.97 Å². The lowest BCUT2D eigenvalue weighted by Gasteiger charge is -2.18. The quantitative estimate of drug-likeness (QED) is 0.821. The molecule has 0 bridgehead atoms. The molecule has 0 saturated heterocycles. The van der Waals surface area contributed by atoms with Crippen molar-refractivity contribution in [2.45, 2.75) is 39.5 Å². The van der Waals surface area contributed by atoms with Gasteiger partial charge in [-0.2, -0.15) is 0 Å². The summed E-state index contributed by atoms with van der Waals surface area (Å²) in [5, 5.41) is 9.07. The second-order valence-electron chi connectivity index (χ2n) is 4.11. The first-order chi connectivity index (χ1) is 6.87. The lowest BCUT2D eigenvalue weighted by Crippen LogP contribution is -2.31. The highest BCUT2D eigenvalue weighted by atomic mass is 16.4. The predicted octanol–water partition coefficient (Wildman–Crippen LogP) is 1.71. The summed E-state index contributed by atoms with van der Waals surface area (Å²) in [5.41, 5.74) is 0.661. The van der Waals surface area contributed by atoms with Crippen molar-refractivity contribution in [3.8, 4) is 0 Å². The minimum Gasteiger partial charge on any atom is -0.481 e. The monoisotopic (exact) mass is 208 g/mol. The van der Waals surface area contributed by atoms with E-state index in [1.807, 2.05) is 19.9 Å². The maximum atomic E-state index is 11.1. The normalized spacial score (nSPS) is 11.5. The van der Waals surface area contributed by atoms with Crippen LogP contribution in [0.15, 0.2) is 6.07 Å². The van der Waals surface area contributed by atoms with Gasteiger partial charge in [0.15, 0.2) is 0 Å². The van der Waals surface area contributed by atoms with Crippen molar-refractivity contribution in [3.63, 3.8) is 0 Å². The van der Waals surface area contributed by atoms with Crippen molar-refractivity contribution in [1.29, 1.82) is 0 Å². The molecule has 82 valence electrons. The van der Waals surface area contributed by atoms with Gasteiger partial charge in [-0.1, -0.05) is 6.92 Å². The Morgan fingerprint density at radius 1 is 1.47 bits per heavy atom. The molecule has 1 heterocycles. The summed E-state index contributed by atoms with van der Waals surface area (Å²) in [7, 11) is 0. The second kappa shape index (κ2) is 3.96. The van der Waals surface area contributed by atoms with E-state index in [1.54, 1.807) is 13.8 Å². The zero-order valence-corrected chi connectivity index (χ0v) is 9.53. The first-order valence-electron chi connectivity index (χ1n) is 4.96. The minimum atomic E-state index is -1.03. The molecule has 0 aliphatic carbocycles. The van der Waals surface area contributed by atoms with E-state index in [2.05, 4.69) is 9.97 Å². The molecular formula is C11H16N2O2. The Bertz CT molecular complexity index is 386. The van der Waals surface area contributed by atoms with E-state index in [9.17, 15) is 4.79 Å². The fourth-order valence-electron chi connectivity index (χ4n) is 1.19. The van der Waals surface area contributed by atoms with Crippen LogP contribution in [0.5, 0.6) is 0 Å². The van der Waals surface area contributed by atoms with E-state index >= 15 is 0 Å². The molecule has 1 N–H and O–H groups in total. The van der Waals surface area contributed by atoms with Gasteiger partial charge in [-0.25, -0.2) is 9.97 Å². The maximum Gasteiger partial charge on any atom is 0.316 e. The van der Waals surface area contributed by atoms with E-state index in [4.69, 9.17) is 5.11 Å². The molecule has 4 heteroatoms. The van der Waals surface area contributed by atoms with Crippen LogP contribution >= 0.6 is 0 Å². The summed E-state index contributed by atoms with van der Waals surface area (Å²) < 4.78 is 0. The van der Waals surface area contributed by atoms with Crippen molar-refractivity contribution in [1.82, 2.24) is 9.97 Å². The first kappa shape index (κ1) is 11.6. The smallest absolute Gasteiger partial charge is 0.316 e. The number of hydrogen-bond donors (Lipinski definition) is 1. The third kappa shape index (κ3) is 2.32. The van der Waals surface area contributed by atoms with Gasteiger partial charge in [-0.3, -0.25) is 4.79 Å². The molecule has 0 saturated carbocycles. The van der Waals surface area contributed by atoms with E-state index in [1.165, 1.54) is 0 Å². The Morgan fingerprint density at radius 2 is 2.07 bits per heavy atom. The molecule has 1 rings (SSSR count). The lowest BCUT2D eigenvalue weighted by molar-refractivity contribution is -0.142. The van der Waals surface area contributed by atoms with Crippen molar-refractivity contribution < 1.29 is 9.90 Å². The molecule has 0 aliphatic rings. The van der Waals surface area contributed by atoms with Crippen molar-refractivity contribution in [2.75, 3.05) is 0 Å². The van der Waals surface area contributed by atoms with Crippen LogP contribution in [0.3, 0.4) is 0 Å². The van der Waals surface area contributed by atoms with Crippen LogP contribution in [-0.2, 0) is 16.6 Å². The Kier molecular flexibility index (Phi) is 3.07. The third-order valence-electron chi connectivity index (χ3n) is 2.36. The molecule has 0 spiro atoms. The molecule has 0 aliphatic heterocycles. The average Bonchev–Trinajstić information content (AvgIpc) is 2.16. The molecule has 0 fully saturated rings. The highest BCUT2D eigenvalue weighted by Gasteiger charge is 2.33. The number of carboxylic acid groups (broad SMARTS) is 1. The zero-order chi connectivity index (χ0) is 11.6. The zero-order valence-electron chi connectivity index (χ0n) is 9.53. The van der Waals surface area contributed by atoms with E-state index in [0.717, 1.165) is 17.8 Å². The van der Waals surface area contributed by atoms with Crippen molar-refractivity contribution in [2.24, 2.45) is 0 Å². The number of carbonyl (C=O) groups is 1. The van der Waals surface area contributed by atoms with E-state index in [0.29, 0.717) is 5.82 Å². The van der Waals surface area contributed by atoms with Crippen LogP contribution in [0, 0.1) is 6.92 Å².